The Morgan fingerprint density at radius 2 is 1.68 bits per heavy atom. The molecule has 0 aromatic heterocycles. The predicted octanol–water partition coefficient (Wildman–Crippen LogP) is 5.47. The highest BCUT2D eigenvalue weighted by molar-refractivity contribution is 5.81. The maximum absolute atomic E-state index is 12.8. The average Bonchev–Trinajstić information content (AvgIpc) is 2.66. The number of benzene rings is 2. The Morgan fingerprint density at radius 3 is 2.21 bits per heavy atom. The van der Waals surface area contributed by atoms with Crippen LogP contribution in [0.1, 0.15) is 68.3 Å². The molecule has 1 N–H and O–H groups in total. The van der Waals surface area contributed by atoms with Gasteiger partial charge in [-0.15, -0.1) is 0 Å². The summed E-state index contributed by atoms with van der Waals surface area (Å²) in [6, 6.07) is 11.8. The van der Waals surface area contributed by atoms with Crippen LogP contribution in [-0.2, 0) is 4.79 Å². The molecule has 152 valence electrons. The molecule has 2 rings (SSSR count). The maximum Gasteiger partial charge on any atom is 0.261 e. The van der Waals surface area contributed by atoms with Gasteiger partial charge in [0.1, 0.15) is 11.5 Å². The van der Waals surface area contributed by atoms with Crippen LogP contribution in [0.25, 0.3) is 0 Å². The van der Waals surface area contributed by atoms with Crippen LogP contribution in [-0.4, -0.2) is 19.1 Å². The number of amides is 1. The van der Waals surface area contributed by atoms with Gasteiger partial charge in [0.2, 0.25) is 0 Å². The highest BCUT2D eigenvalue weighted by atomic mass is 16.5. The van der Waals surface area contributed by atoms with E-state index in [1.807, 2.05) is 58.0 Å². The van der Waals surface area contributed by atoms with Gasteiger partial charge < -0.3 is 14.8 Å². The summed E-state index contributed by atoms with van der Waals surface area (Å²) >= 11 is 0. The summed E-state index contributed by atoms with van der Waals surface area (Å²) in [5.74, 6) is 1.84. The topological polar surface area (TPSA) is 47.6 Å². The van der Waals surface area contributed by atoms with Crippen molar-refractivity contribution in [3.63, 3.8) is 0 Å². The maximum atomic E-state index is 12.8. The Kier molecular flexibility index (Phi) is 7.50. The van der Waals surface area contributed by atoms with Gasteiger partial charge in [0, 0.05) is 0 Å². The van der Waals surface area contributed by atoms with Crippen LogP contribution in [0, 0.1) is 13.8 Å². The number of methoxy groups -OCH3 is 1. The highest BCUT2D eigenvalue weighted by Crippen LogP contribution is 2.32. The van der Waals surface area contributed by atoms with Crippen molar-refractivity contribution in [1.82, 2.24) is 5.32 Å². The Bertz CT molecular complexity index is 796. The summed E-state index contributed by atoms with van der Waals surface area (Å²) in [6.45, 7) is 12.3. The molecule has 0 aliphatic carbocycles. The number of rotatable bonds is 8. The minimum Gasteiger partial charge on any atom is -0.496 e. The zero-order valence-electron chi connectivity index (χ0n) is 18.1. The molecule has 2 aromatic carbocycles. The molecule has 2 atom stereocenters. The zero-order valence-corrected chi connectivity index (χ0v) is 18.1. The summed E-state index contributed by atoms with van der Waals surface area (Å²) in [4.78, 5) is 12.8. The third-order valence-electron chi connectivity index (χ3n) is 5.03. The van der Waals surface area contributed by atoms with Gasteiger partial charge in [0.05, 0.1) is 13.2 Å². The fourth-order valence-electron chi connectivity index (χ4n) is 3.30. The molecule has 0 radical (unpaired) electrons. The van der Waals surface area contributed by atoms with E-state index in [1.54, 1.807) is 7.11 Å². The first kappa shape index (κ1) is 21.8. The van der Waals surface area contributed by atoms with Crippen LogP contribution >= 0.6 is 0 Å². The summed E-state index contributed by atoms with van der Waals surface area (Å²) in [7, 11) is 1.69. The SMILES string of the molecule is CC[C@@H](Oc1ccc(C)cc1)C(=O)N[C@@H](C)c1cc(C(C)C)c(OC)cc1C. The summed E-state index contributed by atoms with van der Waals surface area (Å²) in [6.07, 6.45) is 0.0823. The summed E-state index contributed by atoms with van der Waals surface area (Å²) in [5, 5.41) is 3.12. The first-order valence-electron chi connectivity index (χ1n) is 9.98. The van der Waals surface area contributed by atoms with E-state index in [2.05, 4.69) is 25.2 Å². The largest absolute Gasteiger partial charge is 0.496 e. The van der Waals surface area contributed by atoms with E-state index in [0.29, 0.717) is 18.1 Å². The number of hydrogen-bond donors (Lipinski definition) is 1. The minimum atomic E-state index is -0.520. The molecule has 1 amide bonds. The molecule has 0 aliphatic rings. The lowest BCUT2D eigenvalue weighted by Crippen LogP contribution is -2.39. The summed E-state index contributed by atoms with van der Waals surface area (Å²) < 4.78 is 11.4. The van der Waals surface area contributed by atoms with Crippen LogP contribution in [0.15, 0.2) is 36.4 Å². The monoisotopic (exact) mass is 383 g/mol. The van der Waals surface area contributed by atoms with Crippen molar-refractivity contribution in [3.8, 4) is 11.5 Å². The van der Waals surface area contributed by atoms with Crippen molar-refractivity contribution in [2.75, 3.05) is 7.11 Å². The van der Waals surface area contributed by atoms with Crippen molar-refractivity contribution in [1.29, 1.82) is 0 Å². The van der Waals surface area contributed by atoms with Crippen molar-refractivity contribution >= 4 is 5.91 Å². The molecule has 0 saturated heterocycles. The third-order valence-corrected chi connectivity index (χ3v) is 5.03. The van der Waals surface area contributed by atoms with Gasteiger partial charge >= 0.3 is 0 Å². The standard InChI is InChI=1S/C24H33NO3/c1-8-22(28-19-11-9-16(4)10-12-19)24(26)25-18(6)21-14-20(15(2)3)23(27-7)13-17(21)5/h9-15,18,22H,8H2,1-7H3,(H,25,26)/t18-,22+/m0/s1. The van der Waals surface area contributed by atoms with Crippen molar-refractivity contribution < 1.29 is 14.3 Å². The second-order valence-corrected chi connectivity index (χ2v) is 7.66. The van der Waals surface area contributed by atoms with E-state index in [4.69, 9.17) is 9.47 Å². The molecule has 28 heavy (non-hydrogen) atoms. The predicted molar refractivity (Wildman–Crippen MR) is 114 cm³/mol. The Morgan fingerprint density at radius 1 is 1.04 bits per heavy atom. The molecule has 0 saturated carbocycles. The molecular formula is C24H33NO3. The van der Waals surface area contributed by atoms with Gasteiger partial charge in [-0.1, -0.05) is 38.5 Å². The number of carbonyl (C=O) groups is 1. The average molecular weight is 384 g/mol. The second kappa shape index (κ2) is 9.63. The van der Waals surface area contributed by atoms with E-state index in [1.165, 1.54) is 0 Å². The molecule has 0 spiro atoms. The van der Waals surface area contributed by atoms with Crippen molar-refractivity contribution in [2.24, 2.45) is 0 Å². The number of hydrogen-bond acceptors (Lipinski definition) is 3. The number of aryl methyl sites for hydroxylation is 2. The Hall–Kier alpha value is -2.49. The van der Waals surface area contributed by atoms with Crippen LogP contribution in [0.3, 0.4) is 0 Å². The van der Waals surface area contributed by atoms with E-state index in [-0.39, 0.29) is 11.9 Å². The molecular weight excluding hydrogens is 350 g/mol. The summed E-state index contributed by atoms with van der Waals surface area (Å²) in [5.41, 5.74) is 4.51. The highest BCUT2D eigenvalue weighted by Gasteiger charge is 2.22. The lowest BCUT2D eigenvalue weighted by Gasteiger charge is -2.23. The fraction of sp³-hybridized carbons (Fsp3) is 0.458. The minimum absolute atomic E-state index is 0.100. The van der Waals surface area contributed by atoms with E-state index in [0.717, 1.165) is 28.0 Å². The van der Waals surface area contributed by atoms with Crippen LogP contribution in [0.4, 0.5) is 0 Å². The van der Waals surface area contributed by atoms with Crippen LogP contribution < -0.4 is 14.8 Å². The molecule has 4 nitrogen and oxygen atoms in total. The quantitative estimate of drug-likeness (QED) is 0.657. The van der Waals surface area contributed by atoms with Gasteiger partial charge in [0.15, 0.2) is 6.10 Å². The molecule has 0 unspecified atom stereocenters. The van der Waals surface area contributed by atoms with Gasteiger partial charge in [-0.2, -0.15) is 0 Å². The second-order valence-electron chi connectivity index (χ2n) is 7.66. The van der Waals surface area contributed by atoms with Gasteiger partial charge in [-0.25, -0.2) is 0 Å². The number of ether oxygens (including phenoxy) is 2. The molecule has 4 heteroatoms. The van der Waals surface area contributed by atoms with Crippen molar-refractivity contribution in [2.45, 2.75) is 66.0 Å². The van der Waals surface area contributed by atoms with E-state index < -0.39 is 6.10 Å². The van der Waals surface area contributed by atoms with Crippen molar-refractivity contribution in [3.05, 3.63) is 58.7 Å². The molecule has 0 heterocycles. The zero-order chi connectivity index (χ0) is 20.8. The third kappa shape index (κ3) is 5.28. The lowest BCUT2D eigenvalue weighted by atomic mass is 9.93. The smallest absolute Gasteiger partial charge is 0.261 e. The molecule has 0 aliphatic heterocycles. The molecule has 0 fully saturated rings. The Balaban J connectivity index is 2.15. The first-order valence-corrected chi connectivity index (χ1v) is 9.98. The molecule has 0 bridgehead atoms. The molecule has 2 aromatic rings. The number of carbonyl (C=O) groups excluding carboxylic acids is 1. The Labute approximate surface area is 169 Å². The van der Waals surface area contributed by atoms with Crippen LogP contribution in [0.5, 0.6) is 11.5 Å². The van der Waals surface area contributed by atoms with Gasteiger partial charge in [-0.3, -0.25) is 4.79 Å². The normalized spacial score (nSPS) is 13.1. The first-order chi connectivity index (χ1) is 13.3. The lowest BCUT2D eigenvalue weighted by molar-refractivity contribution is -0.128. The van der Waals surface area contributed by atoms with Crippen LogP contribution in [0.2, 0.25) is 0 Å². The fourth-order valence-corrected chi connectivity index (χ4v) is 3.30. The van der Waals surface area contributed by atoms with Gasteiger partial charge in [0.25, 0.3) is 5.91 Å². The van der Waals surface area contributed by atoms with E-state index >= 15 is 0 Å². The number of nitrogens with one attached hydrogen (secondary N) is 1. The van der Waals surface area contributed by atoms with E-state index in [9.17, 15) is 4.79 Å². The van der Waals surface area contributed by atoms with Gasteiger partial charge in [-0.05, 0) is 74.1 Å².